The van der Waals surface area contributed by atoms with Crippen LogP contribution in [0.3, 0.4) is 0 Å². The smallest absolute Gasteiger partial charge is 0.343 e. The Bertz CT molecular complexity index is 1750. The van der Waals surface area contributed by atoms with Crippen molar-refractivity contribution in [2.24, 2.45) is 0 Å². The molecule has 4 aromatic rings. The first-order chi connectivity index (χ1) is 24.5. The molecule has 0 unspecified atom stereocenters. The van der Waals surface area contributed by atoms with Gasteiger partial charge in [0.05, 0.1) is 24.7 Å². The van der Waals surface area contributed by atoms with E-state index in [0.717, 1.165) is 18.4 Å². The zero-order valence-corrected chi connectivity index (χ0v) is 29.6. The Morgan fingerprint density at radius 3 is 1.92 bits per heavy atom. The second kappa shape index (κ2) is 18.4. The third-order valence-electron chi connectivity index (χ3n) is 8.50. The number of methoxy groups -OCH3 is 1. The van der Waals surface area contributed by atoms with E-state index in [2.05, 4.69) is 12.2 Å². The number of esters is 1. The molecule has 51 heavy (non-hydrogen) atoms. The van der Waals surface area contributed by atoms with E-state index >= 15 is 0 Å². The standard InChI is InChI=1S/C41H46N2O8/c1-5-6-7-8-9-26-50-35-22-14-31(15-23-35)39(47)51-36-20-10-29(11-21-36)27-43(28-37(44)45)38(46)30-12-18-33(19-13-30)42-40(48)41(2,3)32-16-24-34(49-4)25-17-32/h10-25H,5-9,26-28H2,1-4H3,(H,42,48)(H,44,45). The molecule has 4 rings (SSSR count). The maximum atomic E-state index is 13.4. The number of carbonyl (C=O) groups excluding carboxylic acids is 3. The van der Waals surface area contributed by atoms with Crippen molar-refractivity contribution in [3.63, 3.8) is 0 Å². The normalized spacial score (nSPS) is 11.0. The van der Waals surface area contributed by atoms with Crippen LogP contribution in [0.4, 0.5) is 5.69 Å². The van der Waals surface area contributed by atoms with E-state index in [9.17, 15) is 24.3 Å². The molecule has 0 fully saturated rings. The fourth-order valence-corrected chi connectivity index (χ4v) is 5.30. The molecule has 0 saturated carbocycles. The van der Waals surface area contributed by atoms with Crippen LogP contribution in [0, 0.1) is 0 Å². The van der Waals surface area contributed by atoms with Gasteiger partial charge in [-0.2, -0.15) is 0 Å². The van der Waals surface area contributed by atoms with Gasteiger partial charge in [0.2, 0.25) is 5.91 Å². The van der Waals surface area contributed by atoms with Crippen LogP contribution in [0.2, 0.25) is 0 Å². The summed E-state index contributed by atoms with van der Waals surface area (Å²) in [7, 11) is 1.58. The van der Waals surface area contributed by atoms with Crippen LogP contribution in [-0.2, 0) is 21.5 Å². The lowest BCUT2D eigenvalue weighted by atomic mass is 9.83. The summed E-state index contributed by atoms with van der Waals surface area (Å²) in [6.07, 6.45) is 5.75. The third-order valence-corrected chi connectivity index (χ3v) is 8.50. The number of hydrogen-bond donors (Lipinski definition) is 2. The van der Waals surface area contributed by atoms with Crippen molar-refractivity contribution in [2.45, 2.75) is 64.8 Å². The highest BCUT2D eigenvalue weighted by Gasteiger charge is 2.30. The van der Waals surface area contributed by atoms with Crippen molar-refractivity contribution >= 4 is 29.4 Å². The number of unbranched alkanes of at least 4 members (excludes halogenated alkanes) is 4. The van der Waals surface area contributed by atoms with Crippen molar-refractivity contribution in [3.8, 4) is 17.2 Å². The van der Waals surface area contributed by atoms with Crippen LogP contribution in [0.15, 0.2) is 97.1 Å². The first kappa shape index (κ1) is 38.2. The highest BCUT2D eigenvalue weighted by Crippen LogP contribution is 2.27. The zero-order chi connectivity index (χ0) is 36.8. The Morgan fingerprint density at radius 2 is 1.31 bits per heavy atom. The number of aliphatic carboxylic acids is 1. The maximum absolute atomic E-state index is 13.4. The SMILES string of the molecule is CCCCCCCOc1ccc(C(=O)Oc2ccc(CN(CC(=O)O)C(=O)c3ccc(NC(=O)C(C)(C)c4ccc(OC)cc4)cc3)cc2)cc1. The van der Waals surface area contributed by atoms with Gasteiger partial charge in [-0.15, -0.1) is 0 Å². The van der Waals surface area contributed by atoms with Crippen LogP contribution in [0.5, 0.6) is 17.2 Å². The van der Waals surface area contributed by atoms with Gasteiger partial charge in [-0.3, -0.25) is 14.4 Å². The summed E-state index contributed by atoms with van der Waals surface area (Å²) < 4.78 is 16.5. The lowest BCUT2D eigenvalue weighted by molar-refractivity contribution is -0.137. The van der Waals surface area contributed by atoms with E-state index in [-0.39, 0.29) is 18.0 Å². The minimum atomic E-state index is -1.16. The number of ether oxygens (including phenoxy) is 3. The van der Waals surface area contributed by atoms with Crippen LogP contribution >= 0.6 is 0 Å². The molecule has 0 bridgehead atoms. The molecule has 2 N–H and O–H groups in total. The zero-order valence-electron chi connectivity index (χ0n) is 29.6. The van der Waals surface area contributed by atoms with Crippen molar-refractivity contribution < 1.29 is 38.5 Å². The highest BCUT2D eigenvalue weighted by atomic mass is 16.5. The molecule has 4 aromatic carbocycles. The summed E-state index contributed by atoms with van der Waals surface area (Å²) >= 11 is 0. The van der Waals surface area contributed by atoms with Crippen molar-refractivity contribution in [1.82, 2.24) is 4.90 Å². The number of nitrogens with one attached hydrogen (secondary N) is 1. The molecule has 10 heteroatoms. The average Bonchev–Trinajstić information content (AvgIpc) is 3.13. The van der Waals surface area contributed by atoms with E-state index in [1.165, 1.54) is 24.2 Å². The Morgan fingerprint density at radius 1 is 0.725 bits per heavy atom. The quantitative estimate of drug-likeness (QED) is 0.0611. The van der Waals surface area contributed by atoms with Gasteiger partial charge in [-0.1, -0.05) is 56.9 Å². The molecule has 2 amide bonds. The Hall–Kier alpha value is -5.64. The Kier molecular flexibility index (Phi) is 13.8. The second-order valence-electron chi connectivity index (χ2n) is 12.8. The molecule has 0 atom stereocenters. The van der Waals surface area contributed by atoms with Crippen LogP contribution < -0.4 is 19.5 Å². The van der Waals surface area contributed by atoms with E-state index < -0.39 is 29.8 Å². The fraction of sp³-hybridized carbons (Fsp3) is 0.317. The maximum Gasteiger partial charge on any atom is 0.343 e. The molecule has 0 saturated heterocycles. The molecule has 10 nitrogen and oxygen atoms in total. The summed E-state index contributed by atoms with van der Waals surface area (Å²) in [5.41, 5.74) is 1.73. The van der Waals surface area contributed by atoms with E-state index in [0.29, 0.717) is 40.7 Å². The summed E-state index contributed by atoms with van der Waals surface area (Å²) in [5, 5.41) is 12.4. The number of benzene rings is 4. The van der Waals surface area contributed by atoms with E-state index in [1.54, 1.807) is 92.0 Å². The summed E-state index contributed by atoms with van der Waals surface area (Å²) in [6, 6.07) is 26.9. The number of carboxylic acid groups (broad SMARTS) is 1. The van der Waals surface area contributed by atoms with Gasteiger partial charge in [0.25, 0.3) is 5.91 Å². The van der Waals surface area contributed by atoms with Crippen LogP contribution in [0.1, 0.15) is 84.7 Å². The average molecular weight is 695 g/mol. The molecule has 0 aliphatic carbocycles. The van der Waals surface area contributed by atoms with E-state index in [1.807, 2.05) is 26.0 Å². The van der Waals surface area contributed by atoms with Crippen LogP contribution in [0.25, 0.3) is 0 Å². The first-order valence-corrected chi connectivity index (χ1v) is 17.1. The summed E-state index contributed by atoms with van der Waals surface area (Å²) in [6.45, 7) is 5.92. The van der Waals surface area contributed by atoms with Gasteiger partial charge < -0.3 is 29.5 Å². The predicted octanol–water partition coefficient (Wildman–Crippen LogP) is 7.91. The number of nitrogens with zero attached hydrogens (tertiary/aromatic N) is 1. The van der Waals surface area contributed by atoms with Gasteiger partial charge in [-0.05, 0) is 104 Å². The molecule has 0 heterocycles. The number of carbonyl (C=O) groups is 4. The predicted molar refractivity (Wildman–Crippen MR) is 196 cm³/mol. The molecule has 0 aromatic heterocycles. The van der Waals surface area contributed by atoms with Gasteiger partial charge in [0, 0.05) is 17.8 Å². The summed E-state index contributed by atoms with van der Waals surface area (Å²) in [4.78, 5) is 52.2. The minimum Gasteiger partial charge on any atom is -0.497 e. The van der Waals surface area contributed by atoms with Gasteiger partial charge >= 0.3 is 11.9 Å². The minimum absolute atomic E-state index is 0.00790. The number of rotatable bonds is 18. The number of hydrogen-bond acceptors (Lipinski definition) is 7. The third kappa shape index (κ3) is 11.2. The molecule has 0 aliphatic rings. The van der Waals surface area contributed by atoms with Gasteiger partial charge in [0.1, 0.15) is 23.8 Å². The van der Waals surface area contributed by atoms with Crippen molar-refractivity contribution in [3.05, 3.63) is 119 Å². The molecule has 0 radical (unpaired) electrons. The number of amides is 2. The fourth-order valence-electron chi connectivity index (χ4n) is 5.30. The van der Waals surface area contributed by atoms with Crippen LogP contribution in [-0.4, -0.2) is 54.0 Å². The largest absolute Gasteiger partial charge is 0.497 e. The molecular weight excluding hydrogens is 648 g/mol. The monoisotopic (exact) mass is 694 g/mol. The van der Waals surface area contributed by atoms with Gasteiger partial charge in [0.15, 0.2) is 0 Å². The van der Waals surface area contributed by atoms with Crippen molar-refractivity contribution in [1.29, 1.82) is 0 Å². The Balaban J connectivity index is 1.32. The lowest BCUT2D eigenvalue weighted by Gasteiger charge is -2.24. The Labute approximate surface area is 299 Å². The van der Waals surface area contributed by atoms with Crippen molar-refractivity contribution in [2.75, 3.05) is 25.6 Å². The topological polar surface area (TPSA) is 131 Å². The highest BCUT2D eigenvalue weighted by molar-refractivity contribution is 6.00. The molecule has 0 aliphatic heterocycles. The number of anilines is 1. The molecular formula is C41H46N2O8. The molecule has 268 valence electrons. The second-order valence-corrected chi connectivity index (χ2v) is 12.8. The first-order valence-electron chi connectivity index (χ1n) is 17.1. The summed E-state index contributed by atoms with van der Waals surface area (Å²) in [5.74, 6) is -0.730. The molecule has 0 spiro atoms. The number of carboxylic acids is 1. The van der Waals surface area contributed by atoms with Gasteiger partial charge in [-0.25, -0.2) is 4.79 Å². The lowest BCUT2D eigenvalue weighted by Crippen LogP contribution is -2.35. The van der Waals surface area contributed by atoms with E-state index in [4.69, 9.17) is 14.2 Å².